The third-order valence-corrected chi connectivity index (χ3v) is 10.7. The first-order valence-corrected chi connectivity index (χ1v) is 13.0. The minimum Gasteiger partial charge on any atom is -0.151 e. The van der Waals surface area contributed by atoms with Gasteiger partial charge in [-0.15, -0.1) is 22.2 Å². The summed E-state index contributed by atoms with van der Waals surface area (Å²) in [6, 6.07) is 0. The average Bonchev–Trinajstić information content (AvgIpc) is 1.83. The summed E-state index contributed by atoms with van der Waals surface area (Å²) in [5, 5.41) is 0. The van der Waals surface area contributed by atoms with Crippen LogP contribution in [0.1, 0.15) is 26.7 Å². The molecule has 0 saturated carbocycles. The van der Waals surface area contributed by atoms with E-state index in [2.05, 4.69) is 13.8 Å². The van der Waals surface area contributed by atoms with E-state index in [9.17, 15) is 0 Å². The monoisotopic (exact) mass is 284 g/mol. The zero-order valence-electron chi connectivity index (χ0n) is 7.71. The van der Waals surface area contributed by atoms with Gasteiger partial charge in [-0.25, -0.2) is 0 Å². The highest BCUT2D eigenvalue weighted by Gasteiger charge is 2.24. The van der Waals surface area contributed by atoms with Gasteiger partial charge in [0.15, 0.2) is 0 Å². The second kappa shape index (κ2) is 9.16. The van der Waals surface area contributed by atoms with Gasteiger partial charge in [0.1, 0.15) is 0 Å². The maximum Gasteiger partial charge on any atom is 0.247 e. The van der Waals surface area contributed by atoms with E-state index >= 15 is 0 Å². The van der Waals surface area contributed by atoms with Crippen LogP contribution in [0.2, 0.25) is 12.2 Å². The second-order valence-corrected chi connectivity index (χ2v) is 16.6. The number of halogens is 4. The summed E-state index contributed by atoms with van der Waals surface area (Å²) in [7, 11) is -1.55. The van der Waals surface area contributed by atoms with E-state index in [1.165, 1.54) is 12.8 Å². The van der Waals surface area contributed by atoms with E-state index in [0.29, 0.717) is 5.67 Å². The van der Waals surface area contributed by atoms with Gasteiger partial charge < -0.3 is 0 Å². The predicted octanol–water partition coefficient (Wildman–Crippen LogP) is 4.58. The molecule has 0 aromatic carbocycles. The average molecular weight is 286 g/mol. The quantitative estimate of drug-likeness (QED) is 0.526. The lowest BCUT2D eigenvalue weighted by atomic mass is 10.4. The van der Waals surface area contributed by atoms with Gasteiger partial charge in [-0.3, -0.25) is 0 Å². The van der Waals surface area contributed by atoms with Crippen LogP contribution in [0.5, 0.6) is 0 Å². The molecule has 0 heterocycles. The van der Waals surface area contributed by atoms with Crippen LogP contribution in [-0.4, -0.2) is 14.1 Å². The fraction of sp³-hybridized carbons (Fsp3) is 1.00. The largest absolute Gasteiger partial charge is 0.247 e. The number of hydrogen-bond donors (Lipinski definition) is 0. The maximum atomic E-state index is 5.70. The third-order valence-electron chi connectivity index (χ3n) is 1.01. The van der Waals surface area contributed by atoms with Crippen molar-refractivity contribution in [2.24, 2.45) is 0 Å². The van der Waals surface area contributed by atoms with Crippen molar-refractivity contribution >= 4 is 58.4 Å². The van der Waals surface area contributed by atoms with E-state index < -0.39 is 14.1 Å². The number of hydrogen-bond acceptors (Lipinski definition) is 0. The molecule has 0 aliphatic heterocycles. The van der Waals surface area contributed by atoms with Gasteiger partial charge in [0.2, 0.25) is 14.1 Å². The van der Waals surface area contributed by atoms with Crippen LogP contribution >= 0.6 is 44.3 Å². The van der Waals surface area contributed by atoms with E-state index in [4.69, 9.17) is 44.3 Å². The highest BCUT2D eigenvalue weighted by Crippen LogP contribution is 2.23. The number of unbranched alkanes of at least 4 members (excludes halogenated alkanes) is 1. The molecule has 0 fully saturated rings. The Kier molecular flexibility index (Phi) is 12.2. The van der Waals surface area contributed by atoms with Crippen molar-refractivity contribution in [1.82, 2.24) is 0 Å². The van der Waals surface area contributed by atoms with Crippen LogP contribution in [0.4, 0.5) is 0 Å². The van der Waals surface area contributed by atoms with Gasteiger partial charge in [-0.1, -0.05) is 26.7 Å². The van der Waals surface area contributed by atoms with Gasteiger partial charge in [0.25, 0.3) is 0 Å². The van der Waals surface area contributed by atoms with E-state index in [1.807, 2.05) is 6.55 Å². The van der Waals surface area contributed by atoms with Gasteiger partial charge in [-0.2, -0.15) is 22.2 Å². The molecule has 0 unspecified atom stereocenters. The molecular weight excluding hydrogens is 270 g/mol. The van der Waals surface area contributed by atoms with Crippen molar-refractivity contribution in [1.29, 1.82) is 0 Å². The summed E-state index contributed by atoms with van der Waals surface area (Å²) in [6.07, 6.45) is 2.64. The SMILES string of the molecule is CCCC.C[Si](Cl)(Cl)C[SiH](Cl)Cl. The summed E-state index contributed by atoms with van der Waals surface area (Å²) < 4.78 is 0. The van der Waals surface area contributed by atoms with Crippen LogP contribution in [0.3, 0.4) is 0 Å². The summed E-state index contributed by atoms with van der Waals surface area (Å²) in [5.41, 5.74) is 0.666. The van der Waals surface area contributed by atoms with Crippen molar-refractivity contribution in [3.8, 4) is 0 Å². The second-order valence-electron chi connectivity index (χ2n) is 2.67. The summed E-state index contributed by atoms with van der Waals surface area (Å²) in [4.78, 5) is 0. The maximum absolute atomic E-state index is 5.70. The molecule has 0 aliphatic carbocycles. The van der Waals surface area contributed by atoms with Crippen molar-refractivity contribution < 1.29 is 0 Å². The summed E-state index contributed by atoms with van der Waals surface area (Å²) in [5.74, 6) is 0. The van der Waals surface area contributed by atoms with E-state index in [1.54, 1.807) is 0 Å². The van der Waals surface area contributed by atoms with E-state index in [0.717, 1.165) is 0 Å². The molecule has 0 radical (unpaired) electrons. The summed E-state index contributed by atoms with van der Waals surface area (Å²) in [6.45, 7) is 4.20. The molecule has 76 valence electrons. The zero-order chi connectivity index (χ0) is 10.2. The number of rotatable bonds is 3. The molecule has 0 saturated heterocycles. The molecule has 0 aromatic rings. The molecule has 0 atom stereocenters. The molecular formula is C6H16Cl4Si2. The van der Waals surface area contributed by atoms with Crippen LogP contribution in [-0.2, 0) is 0 Å². The minimum absolute atomic E-state index is 0.666. The molecule has 0 spiro atoms. The Balaban J connectivity index is 0. The van der Waals surface area contributed by atoms with Crippen molar-refractivity contribution in [2.75, 3.05) is 0 Å². The molecule has 0 rings (SSSR count). The Labute approximate surface area is 97.0 Å². The van der Waals surface area contributed by atoms with Gasteiger partial charge in [0.05, 0.1) is 0 Å². The minimum atomic E-state index is -1.98. The van der Waals surface area contributed by atoms with Crippen molar-refractivity contribution in [3.63, 3.8) is 0 Å². The lowest BCUT2D eigenvalue weighted by Crippen LogP contribution is -2.17. The molecule has 6 heteroatoms. The third kappa shape index (κ3) is 22.6. The molecule has 0 aromatic heterocycles. The molecule has 0 bridgehead atoms. The molecule has 0 amide bonds. The topological polar surface area (TPSA) is 0 Å². The van der Waals surface area contributed by atoms with Gasteiger partial charge >= 0.3 is 0 Å². The van der Waals surface area contributed by atoms with Gasteiger partial charge in [0, 0.05) is 0 Å². The standard InChI is InChI=1S/C4H10.C2H6Cl4Si2/c1-3-4-2;1-8(5,6)2-7(3)4/h3-4H2,1-2H3;7H,2H2,1H3. The first-order valence-electron chi connectivity index (χ1n) is 3.99. The van der Waals surface area contributed by atoms with Crippen LogP contribution in [0, 0.1) is 0 Å². The first-order chi connectivity index (χ1) is 5.33. The highest BCUT2D eigenvalue weighted by molar-refractivity contribution is 7.51. The van der Waals surface area contributed by atoms with Crippen molar-refractivity contribution in [2.45, 2.75) is 38.9 Å². The smallest absolute Gasteiger partial charge is 0.151 e. The molecule has 0 aliphatic rings. The first kappa shape index (κ1) is 16.0. The predicted molar refractivity (Wildman–Crippen MR) is 67.6 cm³/mol. The normalized spacial score (nSPS) is 11.0. The summed E-state index contributed by atoms with van der Waals surface area (Å²) >= 11 is 22.5. The molecule has 12 heavy (non-hydrogen) atoms. The van der Waals surface area contributed by atoms with Gasteiger partial charge in [-0.05, 0) is 12.2 Å². The van der Waals surface area contributed by atoms with Crippen molar-refractivity contribution in [3.05, 3.63) is 0 Å². The Bertz CT molecular complexity index is 90.0. The Morgan fingerprint density at radius 3 is 1.42 bits per heavy atom. The molecule has 0 N–H and O–H groups in total. The fourth-order valence-corrected chi connectivity index (χ4v) is 13.6. The van der Waals surface area contributed by atoms with Crippen LogP contribution < -0.4 is 0 Å². The fourth-order valence-electron chi connectivity index (χ4n) is 0.271. The Morgan fingerprint density at radius 1 is 1.08 bits per heavy atom. The lowest BCUT2D eigenvalue weighted by molar-refractivity contribution is 0.886. The Hall–Kier alpha value is 1.59. The van der Waals surface area contributed by atoms with E-state index in [-0.39, 0.29) is 0 Å². The van der Waals surface area contributed by atoms with Crippen LogP contribution in [0.25, 0.3) is 0 Å². The highest BCUT2D eigenvalue weighted by atomic mass is 35.7. The van der Waals surface area contributed by atoms with Crippen LogP contribution in [0.15, 0.2) is 0 Å². The molecule has 0 nitrogen and oxygen atoms in total. The lowest BCUT2D eigenvalue weighted by Gasteiger charge is -2.07. The Morgan fingerprint density at radius 2 is 1.42 bits per heavy atom. The zero-order valence-corrected chi connectivity index (χ0v) is 12.9.